The molecule has 7 nitrogen and oxygen atoms in total. The Bertz CT molecular complexity index is 628. The maximum absolute atomic E-state index is 12.1. The largest absolute Gasteiger partial charge is 0.497 e. The molecule has 0 heterocycles. The molecule has 0 bridgehead atoms. The van der Waals surface area contributed by atoms with Crippen molar-refractivity contribution in [2.24, 2.45) is 10.9 Å². The van der Waals surface area contributed by atoms with E-state index in [1.807, 2.05) is 31.2 Å². The van der Waals surface area contributed by atoms with Gasteiger partial charge in [0.1, 0.15) is 5.75 Å². The zero-order valence-electron chi connectivity index (χ0n) is 18.5. The van der Waals surface area contributed by atoms with Crippen molar-refractivity contribution in [2.45, 2.75) is 52.0 Å². The van der Waals surface area contributed by atoms with Crippen molar-refractivity contribution in [1.82, 2.24) is 16.0 Å². The van der Waals surface area contributed by atoms with Gasteiger partial charge in [-0.05, 0) is 49.8 Å². The Hall–Kier alpha value is -2.28. The van der Waals surface area contributed by atoms with Crippen LogP contribution in [0.2, 0.25) is 0 Å². The van der Waals surface area contributed by atoms with Gasteiger partial charge in [0.05, 0.1) is 13.7 Å². The van der Waals surface area contributed by atoms with Gasteiger partial charge in [0.25, 0.3) is 0 Å². The first-order valence-electron chi connectivity index (χ1n) is 11.2. The Labute approximate surface area is 181 Å². The van der Waals surface area contributed by atoms with Crippen molar-refractivity contribution in [3.8, 4) is 5.75 Å². The highest BCUT2D eigenvalue weighted by Gasteiger charge is 2.17. The summed E-state index contributed by atoms with van der Waals surface area (Å²) in [4.78, 5) is 16.7. The smallest absolute Gasteiger partial charge is 0.220 e. The Balaban J connectivity index is 1.75. The highest BCUT2D eigenvalue weighted by Crippen LogP contribution is 2.27. The lowest BCUT2D eigenvalue weighted by molar-refractivity contribution is -0.121. The minimum atomic E-state index is 0.157. The predicted molar refractivity (Wildman–Crippen MR) is 121 cm³/mol. The second-order valence-corrected chi connectivity index (χ2v) is 7.62. The molecule has 1 amide bonds. The van der Waals surface area contributed by atoms with Crippen LogP contribution in [-0.2, 0) is 16.1 Å². The number of carbonyl (C=O) groups is 1. The Morgan fingerprint density at radius 1 is 1.07 bits per heavy atom. The number of nitrogens with one attached hydrogen (secondary N) is 3. The van der Waals surface area contributed by atoms with Gasteiger partial charge in [-0.15, -0.1) is 0 Å². The summed E-state index contributed by atoms with van der Waals surface area (Å²) in [6.45, 7) is 6.03. The second-order valence-electron chi connectivity index (χ2n) is 7.62. The van der Waals surface area contributed by atoms with E-state index < -0.39 is 0 Å². The average molecular weight is 419 g/mol. The van der Waals surface area contributed by atoms with Crippen molar-refractivity contribution < 1.29 is 14.3 Å². The molecule has 1 aliphatic carbocycles. The van der Waals surface area contributed by atoms with Gasteiger partial charge >= 0.3 is 0 Å². The maximum atomic E-state index is 12.1. The third kappa shape index (κ3) is 9.96. The van der Waals surface area contributed by atoms with E-state index in [0.29, 0.717) is 32.0 Å². The molecule has 1 saturated carbocycles. The van der Waals surface area contributed by atoms with Crippen molar-refractivity contribution >= 4 is 11.9 Å². The van der Waals surface area contributed by atoms with Crippen LogP contribution in [0.15, 0.2) is 29.3 Å². The number of nitrogens with zero attached hydrogens (tertiary/aromatic N) is 1. The van der Waals surface area contributed by atoms with Crippen molar-refractivity contribution in [3.63, 3.8) is 0 Å². The summed E-state index contributed by atoms with van der Waals surface area (Å²) in [5.74, 6) is 2.31. The predicted octanol–water partition coefficient (Wildman–Crippen LogP) is 2.85. The fourth-order valence-corrected chi connectivity index (χ4v) is 3.53. The van der Waals surface area contributed by atoms with E-state index in [0.717, 1.165) is 43.5 Å². The van der Waals surface area contributed by atoms with Crippen molar-refractivity contribution in [1.29, 1.82) is 0 Å². The minimum absolute atomic E-state index is 0.157. The van der Waals surface area contributed by atoms with Gasteiger partial charge in [-0.2, -0.15) is 0 Å². The highest BCUT2D eigenvalue weighted by atomic mass is 16.5. The highest BCUT2D eigenvalue weighted by molar-refractivity contribution is 5.80. The number of aliphatic imine (C=N–C) groups is 1. The first kappa shape index (κ1) is 24.0. The van der Waals surface area contributed by atoms with Gasteiger partial charge < -0.3 is 25.4 Å². The molecule has 1 aromatic rings. The summed E-state index contributed by atoms with van der Waals surface area (Å²) in [5, 5.41) is 9.67. The van der Waals surface area contributed by atoms with Gasteiger partial charge in [-0.3, -0.25) is 4.79 Å². The van der Waals surface area contributed by atoms with Crippen LogP contribution in [0.4, 0.5) is 0 Å². The van der Waals surface area contributed by atoms with Crippen LogP contribution in [-0.4, -0.2) is 51.8 Å². The van der Waals surface area contributed by atoms with Gasteiger partial charge in [0.2, 0.25) is 5.91 Å². The number of amides is 1. The fourth-order valence-electron chi connectivity index (χ4n) is 3.53. The van der Waals surface area contributed by atoms with Crippen LogP contribution in [0, 0.1) is 5.92 Å². The molecule has 0 unspecified atom stereocenters. The van der Waals surface area contributed by atoms with E-state index in [1.54, 1.807) is 7.11 Å². The molecule has 7 heteroatoms. The number of methoxy groups -OCH3 is 1. The number of guanidine groups is 1. The number of carbonyl (C=O) groups excluding carboxylic acids is 1. The van der Waals surface area contributed by atoms with Gasteiger partial charge in [-0.1, -0.05) is 25.0 Å². The Morgan fingerprint density at radius 3 is 2.47 bits per heavy atom. The van der Waals surface area contributed by atoms with Crippen molar-refractivity contribution in [3.05, 3.63) is 29.8 Å². The molecule has 3 N–H and O–H groups in total. The number of hydrogen-bond donors (Lipinski definition) is 3. The van der Waals surface area contributed by atoms with E-state index in [1.165, 1.54) is 25.7 Å². The van der Waals surface area contributed by atoms with E-state index in [9.17, 15) is 4.79 Å². The SMILES string of the molecule is CCOCCCNC(=NCc1ccc(OC)cc1)NCCNC(=O)CC1CCCC1. The summed E-state index contributed by atoms with van der Waals surface area (Å²) in [6.07, 6.45) is 6.49. The van der Waals surface area contributed by atoms with Crippen LogP contribution in [0.5, 0.6) is 5.75 Å². The minimum Gasteiger partial charge on any atom is -0.497 e. The maximum Gasteiger partial charge on any atom is 0.220 e. The molecule has 1 aromatic carbocycles. The quantitative estimate of drug-likeness (QED) is 0.261. The Morgan fingerprint density at radius 2 is 1.77 bits per heavy atom. The fraction of sp³-hybridized carbons (Fsp3) is 0.652. The van der Waals surface area contributed by atoms with E-state index in [2.05, 4.69) is 20.9 Å². The molecule has 0 atom stereocenters. The van der Waals surface area contributed by atoms with E-state index in [-0.39, 0.29) is 5.91 Å². The van der Waals surface area contributed by atoms with Crippen LogP contribution in [0.3, 0.4) is 0 Å². The summed E-state index contributed by atoms with van der Waals surface area (Å²) in [7, 11) is 1.66. The zero-order valence-corrected chi connectivity index (χ0v) is 18.5. The first-order chi connectivity index (χ1) is 14.7. The molecule has 1 fully saturated rings. The number of hydrogen-bond acceptors (Lipinski definition) is 4. The standard InChI is InChI=1S/C23H38N4O3/c1-3-30-16-6-13-25-23(27-18-20-9-11-21(29-2)12-10-20)26-15-14-24-22(28)17-19-7-4-5-8-19/h9-12,19H,3-8,13-18H2,1-2H3,(H,24,28)(H2,25,26,27). The van der Waals surface area contributed by atoms with Crippen LogP contribution in [0.25, 0.3) is 0 Å². The molecule has 168 valence electrons. The summed E-state index contributed by atoms with van der Waals surface area (Å²) < 4.78 is 10.6. The van der Waals surface area contributed by atoms with E-state index >= 15 is 0 Å². The summed E-state index contributed by atoms with van der Waals surface area (Å²) >= 11 is 0. The third-order valence-corrected chi connectivity index (χ3v) is 5.23. The van der Waals surface area contributed by atoms with Crippen LogP contribution >= 0.6 is 0 Å². The van der Waals surface area contributed by atoms with Gasteiger partial charge in [0, 0.05) is 39.3 Å². The Kier molecular flexibility index (Phi) is 11.7. The monoisotopic (exact) mass is 418 g/mol. The number of ether oxygens (including phenoxy) is 2. The van der Waals surface area contributed by atoms with Crippen LogP contribution in [0.1, 0.15) is 51.0 Å². The van der Waals surface area contributed by atoms with Crippen LogP contribution < -0.4 is 20.7 Å². The molecule has 1 aliphatic rings. The number of rotatable bonds is 13. The second kappa shape index (κ2) is 14.7. The molecule has 0 spiro atoms. The molecule has 0 saturated heterocycles. The van der Waals surface area contributed by atoms with E-state index in [4.69, 9.17) is 9.47 Å². The topological polar surface area (TPSA) is 84.0 Å². The number of benzene rings is 1. The van der Waals surface area contributed by atoms with Gasteiger partial charge in [-0.25, -0.2) is 4.99 Å². The molecule has 0 radical (unpaired) electrons. The molecule has 30 heavy (non-hydrogen) atoms. The average Bonchev–Trinajstić information content (AvgIpc) is 3.27. The molecule has 0 aliphatic heterocycles. The summed E-state index contributed by atoms with van der Waals surface area (Å²) in [5.41, 5.74) is 1.11. The van der Waals surface area contributed by atoms with Gasteiger partial charge in [0.15, 0.2) is 5.96 Å². The molecular weight excluding hydrogens is 380 g/mol. The summed E-state index contributed by atoms with van der Waals surface area (Å²) in [6, 6.07) is 7.90. The lowest BCUT2D eigenvalue weighted by Crippen LogP contribution is -2.42. The lowest BCUT2D eigenvalue weighted by atomic mass is 10.0. The normalized spacial score (nSPS) is 14.5. The lowest BCUT2D eigenvalue weighted by Gasteiger charge is -2.14. The third-order valence-electron chi connectivity index (χ3n) is 5.23. The molecule has 2 rings (SSSR count). The molecular formula is C23H38N4O3. The first-order valence-corrected chi connectivity index (χ1v) is 11.2. The molecule has 0 aromatic heterocycles. The van der Waals surface area contributed by atoms with Crippen molar-refractivity contribution in [2.75, 3.05) is 40.0 Å². The zero-order chi connectivity index (χ0) is 21.4.